The van der Waals surface area contributed by atoms with Crippen LogP contribution in [0.2, 0.25) is 0 Å². The molecule has 0 radical (unpaired) electrons. The van der Waals surface area contributed by atoms with E-state index in [0.717, 1.165) is 37.8 Å². The van der Waals surface area contributed by atoms with Gasteiger partial charge in [0.25, 0.3) is 11.8 Å². The predicted octanol–water partition coefficient (Wildman–Crippen LogP) is 3.18. The summed E-state index contributed by atoms with van der Waals surface area (Å²) in [5.74, 6) is -3.06. The average Bonchev–Trinajstić information content (AvgIpc) is 3.26. The van der Waals surface area contributed by atoms with Crippen molar-refractivity contribution in [1.82, 2.24) is 15.1 Å². The van der Waals surface area contributed by atoms with Crippen molar-refractivity contribution in [1.29, 1.82) is 0 Å². The molecule has 1 aliphatic carbocycles. The SMILES string of the molecule is NC1CCC(NC(=O)c2ccc(N3CCCN(C(=O)N4CCOCC4)CC3)c(NC(=O)c3ccc(F)c(F)c3)c2)CC1. The molecule has 4 amide bonds. The fraction of sp³-hybridized carbons (Fsp3) is 0.500. The summed E-state index contributed by atoms with van der Waals surface area (Å²) >= 11 is 0. The van der Waals surface area contributed by atoms with Gasteiger partial charge in [0.15, 0.2) is 11.6 Å². The number of benzene rings is 2. The van der Waals surface area contributed by atoms with Crippen LogP contribution in [0.5, 0.6) is 0 Å². The van der Waals surface area contributed by atoms with Gasteiger partial charge in [-0.3, -0.25) is 9.59 Å². The number of anilines is 2. The Morgan fingerprint density at radius 3 is 2.21 bits per heavy atom. The number of urea groups is 1. The molecule has 5 rings (SSSR count). The van der Waals surface area contributed by atoms with E-state index in [-0.39, 0.29) is 29.6 Å². The molecule has 2 aromatic carbocycles. The van der Waals surface area contributed by atoms with E-state index in [4.69, 9.17) is 10.5 Å². The fourth-order valence-corrected chi connectivity index (χ4v) is 5.72. The minimum atomic E-state index is -1.12. The summed E-state index contributed by atoms with van der Waals surface area (Å²) in [6.07, 6.45) is 4.01. The van der Waals surface area contributed by atoms with E-state index in [1.165, 1.54) is 6.07 Å². The maximum Gasteiger partial charge on any atom is 0.320 e. The van der Waals surface area contributed by atoms with Gasteiger partial charge in [0.2, 0.25) is 0 Å². The number of ether oxygens (including phenoxy) is 1. The number of nitrogens with one attached hydrogen (secondary N) is 2. The van der Waals surface area contributed by atoms with Gasteiger partial charge in [0, 0.05) is 62.5 Å². The number of rotatable bonds is 5. The van der Waals surface area contributed by atoms with Crippen LogP contribution in [0.4, 0.5) is 25.0 Å². The Morgan fingerprint density at radius 2 is 1.48 bits per heavy atom. The van der Waals surface area contributed by atoms with E-state index in [1.807, 2.05) is 4.90 Å². The number of nitrogens with two attached hydrogens (primary N) is 1. The molecular formula is C30H38F2N6O4. The Balaban J connectivity index is 1.35. The van der Waals surface area contributed by atoms with Crippen LogP contribution in [0.1, 0.15) is 52.8 Å². The first-order valence-corrected chi connectivity index (χ1v) is 14.6. The molecule has 226 valence electrons. The third kappa shape index (κ3) is 7.16. The van der Waals surface area contributed by atoms with E-state index in [0.29, 0.717) is 75.8 Å². The maximum absolute atomic E-state index is 13.9. The number of amides is 4. The monoisotopic (exact) mass is 584 g/mol. The highest BCUT2D eigenvalue weighted by Crippen LogP contribution is 2.30. The summed E-state index contributed by atoms with van der Waals surface area (Å²) in [6.45, 7) is 4.40. The number of carbonyl (C=O) groups is 3. The van der Waals surface area contributed by atoms with E-state index in [1.54, 1.807) is 23.1 Å². The standard InChI is InChI=1S/C30H38F2N6O4/c31-24-8-2-20(18-25(24)32)29(40)35-26-19-21(28(39)34-23-6-4-22(33)5-7-23)3-9-27(26)36-10-1-11-37(13-12-36)30(41)38-14-16-42-17-15-38/h2-3,8-9,18-19,22-23H,1,4-7,10-17,33H2,(H,34,39)(H,35,40). The van der Waals surface area contributed by atoms with Crippen molar-refractivity contribution in [2.24, 2.45) is 5.73 Å². The molecule has 12 heteroatoms. The second-order valence-electron chi connectivity index (χ2n) is 11.1. The molecule has 3 fully saturated rings. The van der Waals surface area contributed by atoms with Crippen molar-refractivity contribution in [2.75, 3.05) is 62.7 Å². The van der Waals surface area contributed by atoms with Crippen molar-refractivity contribution in [3.8, 4) is 0 Å². The van der Waals surface area contributed by atoms with Crippen LogP contribution in [-0.4, -0.2) is 92.2 Å². The maximum atomic E-state index is 13.9. The van der Waals surface area contributed by atoms with Gasteiger partial charge in [-0.1, -0.05) is 0 Å². The topological polar surface area (TPSA) is 120 Å². The molecule has 0 aromatic heterocycles. The Morgan fingerprint density at radius 1 is 0.786 bits per heavy atom. The largest absolute Gasteiger partial charge is 0.378 e. The van der Waals surface area contributed by atoms with Crippen molar-refractivity contribution in [2.45, 2.75) is 44.2 Å². The van der Waals surface area contributed by atoms with E-state index < -0.39 is 17.5 Å². The third-order valence-corrected chi connectivity index (χ3v) is 8.18. The first-order valence-electron chi connectivity index (χ1n) is 14.6. The summed E-state index contributed by atoms with van der Waals surface area (Å²) < 4.78 is 32.7. The number of nitrogens with zero attached hydrogens (tertiary/aromatic N) is 3. The molecule has 4 N–H and O–H groups in total. The Bertz CT molecular complexity index is 1300. The minimum absolute atomic E-state index is 0.0114. The lowest BCUT2D eigenvalue weighted by atomic mass is 9.91. The molecule has 0 spiro atoms. The van der Waals surface area contributed by atoms with Gasteiger partial charge >= 0.3 is 6.03 Å². The van der Waals surface area contributed by atoms with Gasteiger partial charge in [-0.15, -0.1) is 0 Å². The Kier molecular flexibility index (Phi) is 9.53. The van der Waals surface area contributed by atoms with Crippen LogP contribution in [0, 0.1) is 11.6 Å². The molecule has 2 aliphatic heterocycles. The second kappa shape index (κ2) is 13.5. The van der Waals surface area contributed by atoms with Crippen molar-refractivity contribution in [3.05, 3.63) is 59.2 Å². The number of hydrogen-bond acceptors (Lipinski definition) is 6. The van der Waals surface area contributed by atoms with Gasteiger partial charge in [-0.2, -0.15) is 0 Å². The first kappa shape index (κ1) is 29.7. The van der Waals surface area contributed by atoms with Gasteiger partial charge < -0.3 is 35.8 Å². The summed E-state index contributed by atoms with van der Waals surface area (Å²) in [6, 6.07) is 8.23. The van der Waals surface area contributed by atoms with Gasteiger partial charge in [-0.25, -0.2) is 13.6 Å². The first-order chi connectivity index (χ1) is 20.3. The molecule has 0 bridgehead atoms. The summed E-state index contributed by atoms with van der Waals surface area (Å²) in [7, 11) is 0. The summed E-state index contributed by atoms with van der Waals surface area (Å²) in [5.41, 5.74) is 7.36. The molecule has 2 heterocycles. The van der Waals surface area contributed by atoms with E-state index >= 15 is 0 Å². The number of halogens is 2. The smallest absolute Gasteiger partial charge is 0.320 e. The second-order valence-corrected chi connectivity index (χ2v) is 11.1. The lowest BCUT2D eigenvalue weighted by Crippen LogP contribution is -2.49. The fourth-order valence-electron chi connectivity index (χ4n) is 5.72. The molecule has 0 unspecified atom stereocenters. The third-order valence-electron chi connectivity index (χ3n) is 8.18. The molecule has 42 heavy (non-hydrogen) atoms. The van der Waals surface area contributed by atoms with Gasteiger partial charge in [-0.05, 0) is 68.5 Å². The molecule has 3 aliphatic rings. The molecule has 2 saturated heterocycles. The highest BCUT2D eigenvalue weighted by Gasteiger charge is 2.27. The van der Waals surface area contributed by atoms with Crippen molar-refractivity contribution >= 4 is 29.2 Å². The van der Waals surface area contributed by atoms with Gasteiger partial charge in [0.1, 0.15) is 0 Å². The Labute approximate surface area is 244 Å². The lowest BCUT2D eigenvalue weighted by molar-refractivity contribution is 0.0438. The van der Waals surface area contributed by atoms with Crippen LogP contribution >= 0.6 is 0 Å². The van der Waals surface area contributed by atoms with E-state index in [9.17, 15) is 23.2 Å². The lowest BCUT2D eigenvalue weighted by Gasteiger charge is -2.32. The zero-order valence-corrected chi connectivity index (χ0v) is 23.6. The number of morpholine rings is 1. The van der Waals surface area contributed by atoms with Crippen LogP contribution < -0.4 is 21.3 Å². The van der Waals surface area contributed by atoms with Crippen LogP contribution in [0.25, 0.3) is 0 Å². The van der Waals surface area contributed by atoms with Crippen LogP contribution in [0.15, 0.2) is 36.4 Å². The molecule has 1 saturated carbocycles. The van der Waals surface area contributed by atoms with Gasteiger partial charge in [0.05, 0.1) is 24.6 Å². The summed E-state index contributed by atoms with van der Waals surface area (Å²) in [5, 5.41) is 5.88. The van der Waals surface area contributed by atoms with E-state index in [2.05, 4.69) is 15.5 Å². The van der Waals surface area contributed by atoms with Crippen LogP contribution in [0.3, 0.4) is 0 Å². The molecule has 0 atom stereocenters. The van der Waals surface area contributed by atoms with Crippen LogP contribution in [-0.2, 0) is 4.74 Å². The zero-order chi connectivity index (χ0) is 29.6. The molecular weight excluding hydrogens is 546 g/mol. The minimum Gasteiger partial charge on any atom is -0.378 e. The molecule has 10 nitrogen and oxygen atoms in total. The predicted molar refractivity (Wildman–Crippen MR) is 155 cm³/mol. The van der Waals surface area contributed by atoms with Crippen molar-refractivity contribution < 1.29 is 27.9 Å². The summed E-state index contributed by atoms with van der Waals surface area (Å²) in [4.78, 5) is 45.1. The quantitative estimate of drug-likeness (QED) is 0.497. The Hall–Kier alpha value is -3.77. The highest BCUT2D eigenvalue weighted by molar-refractivity contribution is 6.07. The zero-order valence-electron chi connectivity index (χ0n) is 23.6. The van der Waals surface area contributed by atoms with Crippen molar-refractivity contribution in [3.63, 3.8) is 0 Å². The number of carbonyl (C=O) groups excluding carboxylic acids is 3. The number of hydrogen-bond donors (Lipinski definition) is 3. The molecule has 2 aromatic rings. The highest BCUT2D eigenvalue weighted by atomic mass is 19.2. The average molecular weight is 585 g/mol. The normalized spacial score (nSPS) is 21.5.